The number of Topliss-reactive ketones (excluding diaryl/α,β-unsaturated/α-hetero) is 1. The van der Waals surface area contributed by atoms with Crippen LogP contribution < -0.4 is 0 Å². The number of ketones is 1. The van der Waals surface area contributed by atoms with E-state index in [9.17, 15) is 9.59 Å². The molecule has 1 saturated carbocycles. The topological polar surface area (TPSA) is 99.7 Å². The van der Waals surface area contributed by atoms with E-state index in [-0.39, 0.29) is 17.4 Å². The van der Waals surface area contributed by atoms with Crippen molar-refractivity contribution in [2.45, 2.75) is 36.9 Å². The van der Waals surface area contributed by atoms with Crippen LogP contribution in [0.3, 0.4) is 0 Å². The first-order valence-corrected chi connectivity index (χ1v) is 12.3. The van der Waals surface area contributed by atoms with Crippen LogP contribution in [-0.4, -0.2) is 60.2 Å². The number of carbonyl (C=O) groups is 2. The normalized spacial score (nSPS) is 16.1. The summed E-state index contributed by atoms with van der Waals surface area (Å²) in [5, 5.41) is 10.8. The fourth-order valence-corrected chi connectivity index (χ4v) is 5.36. The molecule has 0 atom stereocenters. The number of rotatable bonds is 7. The second-order valence-corrected chi connectivity index (χ2v) is 9.61. The number of hydrogen-bond acceptors (Lipinski definition) is 5. The maximum atomic E-state index is 12.9. The van der Waals surface area contributed by atoms with Gasteiger partial charge in [-0.1, -0.05) is 30.0 Å². The summed E-state index contributed by atoms with van der Waals surface area (Å²) in [5.41, 5.74) is 3.10. The molecule has 0 spiro atoms. The highest BCUT2D eigenvalue weighted by atomic mass is 32.2. The number of hydrogen-bond donors (Lipinski definition) is 2. The zero-order valence-corrected chi connectivity index (χ0v) is 18.9. The van der Waals surface area contributed by atoms with E-state index in [2.05, 4.69) is 30.8 Å². The second-order valence-electron chi connectivity index (χ2n) is 8.67. The number of fused-ring (bicyclic) bond motifs is 1. The van der Waals surface area contributed by atoms with Gasteiger partial charge in [0.1, 0.15) is 5.69 Å². The third-order valence-electron chi connectivity index (χ3n) is 6.37. The minimum atomic E-state index is -0.0317. The van der Waals surface area contributed by atoms with Gasteiger partial charge in [-0.15, -0.1) is 10.2 Å². The van der Waals surface area contributed by atoms with Gasteiger partial charge in [-0.25, -0.2) is 0 Å². The molecule has 1 saturated heterocycles. The number of likely N-dealkylation sites (tertiary alicyclic amines) is 1. The number of benzene rings is 1. The molecule has 1 aromatic carbocycles. The monoisotopic (exact) mass is 460 g/mol. The maximum absolute atomic E-state index is 12.9. The number of aromatic nitrogens is 5. The van der Waals surface area contributed by atoms with Crippen molar-refractivity contribution in [2.75, 3.05) is 18.8 Å². The quantitative estimate of drug-likeness (QED) is 0.316. The molecule has 2 fully saturated rings. The van der Waals surface area contributed by atoms with E-state index in [4.69, 9.17) is 0 Å². The van der Waals surface area contributed by atoms with Crippen molar-refractivity contribution in [1.29, 1.82) is 0 Å². The lowest BCUT2D eigenvalue weighted by Gasteiger charge is -2.13. The predicted molar refractivity (Wildman–Crippen MR) is 127 cm³/mol. The fourth-order valence-electron chi connectivity index (χ4n) is 4.46. The Kier molecular flexibility index (Phi) is 5.05. The Labute approximate surface area is 194 Å². The van der Waals surface area contributed by atoms with E-state index < -0.39 is 0 Å². The van der Waals surface area contributed by atoms with E-state index >= 15 is 0 Å². The first-order valence-electron chi connectivity index (χ1n) is 11.3. The Bertz CT molecular complexity index is 1340. The van der Waals surface area contributed by atoms with Crippen LogP contribution in [0.15, 0.2) is 47.9 Å². The highest BCUT2D eigenvalue weighted by Gasteiger charge is 2.31. The molecule has 8 nitrogen and oxygen atoms in total. The van der Waals surface area contributed by atoms with Crippen LogP contribution in [0.5, 0.6) is 0 Å². The molecular weight excluding hydrogens is 436 g/mol. The zero-order chi connectivity index (χ0) is 22.4. The van der Waals surface area contributed by atoms with Gasteiger partial charge in [-0.2, -0.15) is 0 Å². The van der Waals surface area contributed by atoms with E-state index in [1.807, 2.05) is 29.3 Å². The Hall–Kier alpha value is -3.33. The Morgan fingerprint density at radius 3 is 2.70 bits per heavy atom. The number of para-hydroxylation sites is 1. The summed E-state index contributed by atoms with van der Waals surface area (Å²) in [4.78, 5) is 33.5. The minimum absolute atomic E-state index is 0.0314. The van der Waals surface area contributed by atoms with E-state index in [0.717, 1.165) is 66.2 Å². The van der Waals surface area contributed by atoms with Gasteiger partial charge < -0.3 is 14.9 Å². The molecule has 0 unspecified atom stereocenters. The molecule has 33 heavy (non-hydrogen) atoms. The Balaban J connectivity index is 1.20. The number of carbonyl (C=O) groups excluding carboxylic acids is 2. The van der Waals surface area contributed by atoms with Gasteiger partial charge in [0.15, 0.2) is 16.8 Å². The highest BCUT2D eigenvalue weighted by molar-refractivity contribution is 7.99. The molecule has 0 radical (unpaired) electrons. The summed E-state index contributed by atoms with van der Waals surface area (Å²) in [7, 11) is 0. The summed E-state index contributed by atoms with van der Waals surface area (Å²) >= 11 is 1.41. The van der Waals surface area contributed by atoms with Crippen LogP contribution in [0, 0.1) is 0 Å². The van der Waals surface area contributed by atoms with E-state index in [1.165, 1.54) is 11.8 Å². The lowest BCUT2D eigenvalue weighted by atomic mass is 10.1. The number of amides is 1. The SMILES string of the molecule is O=C(CSc1nnc(-c2c[nH]c3ccccc23)n1C1CC1)c1c[nH]c(C(=O)N2CCCC2)c1. The van der Waals surface area contributed by atoms with Crippen molar-refractivity contribution in [1.82, 2.24) is 29.6 Å². The number of thioether (sulfide) groups is 1. The standard InChI is InChI=1S/C24H24N6O2S/c31-21(15-11-20(25-12-15)23(32)29-9-3-4-10-29)14-33-24-28-27-22(30(24)16-7-8-16)18-13-26-19-6-2-1-5-17(18)19/h1-2,5-6,11-13,16,25-26H,3-4,7-10,14H2. The van der Waals surface area contributed by atoms with Gasteiger partial charge in [-0.3, -0.25) is 14.2 Å². The molecule has 1 aliphatic heterocycles. The second kappa shape index (κ2) is 8.22. The van der Waals surface area contributed by atoms with Crippen LogP contribution in [0.2, 0.25) is 0 Å². The van der Waals surface area contributed by atoms with Crippen LogP contribution in [0.1, 0.15) is 52.6 Å². The van der Waals surface area contributed by atoms with Crippen molar-refractivity contribution in [2.24, 2.45) is 0 Å². The van der Waals surface area contributed by atoms with Crippen molar-refractivity contribution in [3.63, 3.8) is 0 Å². The number of nitrogens with one attached hydrogen (secondary N) is 2. The van der Waals surface area contributed by atoms with Gasteiger partial charge in [0.05, 0.1) is 5.75 Å². The van der Waals surface area contributed by atoms with Gasteiger partial charge in [0.2, 0.25) is 0 Å². The predicted octanol–water partition coefficient (Wildman–Crippen LogP) is 4.30. The fraction of sp³-hybridized carbons (Fsp3) is 0.333. The van der Waals surface area contributed by atoms with Crippen molar-refractivity contribution in [3.8, 4) is 11.4 Å². The number of aromatic amines is 2. The Morgan fingerprint density at radius 2 is 1.88 bits per heavy atom. The summed E-state index contributed by atoms with van der Waals surface area (Å²) < 4.78 is 2.17. The number of H-pyrrole nitrogens is 2. The molecular formula is C24H24N6O2S. The summed E-state index contributed by atoms with van der Waals surface area (Å²) in [5.74, 6) is 1.02. The molecule has 4 heterocycles. The number of nitrogens with zero attached hydrogens (tertiary/aromatic N) is 4. The van der Waals surface area contributed by atoms with Crippen LogP contribution in [0.25, 0.3) is 22.3 Å². The maximum Gasteiger partial charge on any atom is 0.270 e. The largest absolute Gasteiger partial charge is 0.360 e. The third kappa shape index (κ3) is 3.76. The highest BCUT2D eigenvalue weighted by Crippen LogP contribution is 2.42. The van der Waals surface area contributed by atoms with Crippen LogP contribution in [0.4, 0.5) is 0 Å². The molecule has 2 aliphatic rings. The first-order chi connectivity index (χ1) is 16.2. The van der Waals surface area contributed by atoms with Gasteiger partial charge in [0, 0.05) is 53.6 Å². The molecule has 168 valence electrons. The molecule has 9 heteroatoms. The van der Waals surface area contributed by atoms with E-state index in [0.29, 0.717) is 17.3 Å². The lowest BCUT2D eigenvalue weighted by molar-refractivity contribution is 0.0787. The smallest absolute Gasteiger partial charge is 0.270 e. The molecule has 1 aliphatic carbocycles. The first kappa shape index (κ1) is 20.3. The van der Waals surface area contributed by atoms with Crippen molar-refractivity contribution < 1.29 is 9.59 Å². The van der Waals surface area contributed by atoms with Crippen LogP contribution in [-0.2, 0) is 0 Å². The zero-order valence-electron chi connectivity index (χ0n) is 18.1. The summed E-state index contributed by atoms with van der Waals surface area (Å²) in [6.07, 6.45) is 7.87. The Morgan fingerprint density at radius 1 is 1.06 bits per heavy atom. The van der Waals surface area contributed by atoms with Gasteiger partial charge >= 0.3 is 0 Å². The van der Waals surface area contributed by atoms with Crippen molar-refractivity contribution in [3.05, 3.63) is 54.0 Å². The molecule has 2 N–H and O–H groups in total. The van der Waals surface area contributed by atoms with E-state index in [1.54, 1.807) is 12.3 Å². The average Bonchev–Trinajstić information content (AvgIpc) is 3.32. The molecule has 4 aromatic rings. The summed E-state index contributed by atoms with van der Waals surface area (Å²) in [6.45, 7) is 1.57. The molecule has 6 rings (SSSR count). The summed E-state index contributed by atoms with van der Waals surface area (Å²) in [6, 6.07) is 10.2. The van der Waals surface area contributed by atoms with Crippen LogP contribution >= 0.6 is 11.8 Å². The lowest BCUT2D eigenvalue weighted by Crippen LogP contribution is -2.27. The van der Waals surface area contributed by atoms with Crippen molar-refractivity contribution >= 4 is 34.4 Å². The molecule has 3 aromatic heterocycles. The molecule has 1 amide bonds. The minimum Gasteiger partial charge on any atom is -0.360 e. The molecule has 0 bridgehead atoms. The third-order valence-corrected chi connectivity index (χ3v) is 7.31. The van der Waals surface area contributed by atoms with Gasteiger partial charge in [0.25, 0.3) is 5.91 Å². The van der Waals surface area contributed by atoms with Gasteiger partial charge in [-0.05, 0) is 37.8 Å². The average molecular weight is 461 g/mol.